The Labute approximate surface area is 198 Å². The fourth-order valence-corrected chi connectivity index (χ4v) is 6.40. The molecule has 4 aromatic rings. The van der Waals surface area contributed by atoms with Gasteiger partial charge in [-0.3, -0.25) is 4.68 Å². The normalized spacial score (nSPS) is 16.6. The number of hydrogen-bond acceptors (Lipinski definition) is 7. The van der Waals surface area contributed by atoms with Crippen LogP contribution in [0.15, 0.2) is 24.4 Å². The second-order valence-electron chi connectivity index (χ2n) is 9.50. The third kappa shape index (κ3) is 4.22. The van der Waals surface area contributed by atoms with Gasteiger partial charge >= 0.3 is 6.09 Å². The summed E-state index contributed by atoms with van der Waals surface area (Å²) >= 11 is 2.93. The van der Waals surface area contributed by atoms with Crippen molar-refractivity contribution in [1.82, 2.24) is 19.7 Å². The number of rotatable bonds is 2. The number of hydrogen-bond donors (Lipinski definition) is 1. The zero-order valence-corrected chi connectivity index (χ0v) is 20.5. The Morgan fingerprint density at radius 1 is 1.21 bits per heavy atom. The number of ether oxygens (including phenoxy) is 1. The van der Waals surface area contributed by atoms with Gasteiger partial charge in [0, 0.05) is 42.2 Å². The Morgan fingerprint density at radius 2 is 1.94 bits per heavy atom. The Bertz CT molecular complexity index is 1330. The topological polar surface area (TPSA) is 80.5 Å². The van der Waals surface area contributed by atoms with Gasteiger partial charge in [-0.25, -0.2) is 14.2 Å². The lowest BCUT2D eigenvalue weighted by atomic mass is 9.90. The van der Waals surface area contributed by atoms with Crippen LogP contribution < -0.4 is 0 Å². The van der Waals surface area contributed by atoms with Gasteiger partial charge in [0.15, 0.2) is 5.82 Å². The highest BCUT2D eigenvalue weighted by Crippen LogP contribution is 2.43. The number of halogens is 1. The highest BCUT2D eigenvalue weighted by atomic mass is 32.1. The number of nitrogens with zero attached hydrogens (tertiary/aromatic N) is 4. The molecule has 1 saturated heterocycles. The number of likely N-dealkylation sites (tertiary alicyclic amines) is 1. The number of fused-ring (bicyclic) bond motifs is 2. The Morgan fingerprint density at radius 3 is 2.61 bits per heavy atom. The summed E-state index contributed by atoms with van der Waals surface area (Å²) in [5.74, 6) is -0.367. The number of thiazole rings is 1. The lowest BCUT2D eigenvalue weighted by Gasteiger charge is -2.38. The first-order chi connectivity index (χ1) is 15.5. The summed E-state index contributed by atoms with van der Waals surface area (Å²) < 4.78 is 22.5. The molecule has 0 unspecified atom stereocenters. The second kappa shape index (κ2) is 7.75. The third-order valence-electron chi connectivity index (χ3n) is 5.71. The Balaban J connectivity index is 1.35. The summed E-state index contributed by atoms with van der Waals surface area (Å²) in [5.41, 5.74) is -0.476. The monoisotopic (exact) mass is 488 g/mol. The number of carbonyl (C=O) groups excluding carboxylic acids is 1. The van der Waals surface area contributed by atoms with Crippen molar-refractivity contribution < 1.29 is 19.0 Å². The van der Waals surface area contributed by atoms with E-state index in [-0.39, 0.29) is 11.9 Å². The first-order valence-electron chi connectivity index (χ1n) is 10.8. The number of amides is 1. The average Bonchev–Trinajstić information content (AvgIpc) is 3.39. The van der Waals surface area contributed by atoms with Gasteiger partial charge in [0.25, 0.3) is 0 Å². The molecule has 0 aliphatic carbocycles. The molecule has 1 aliphatic rings. The molecule has 1 aliphatic heterocycles. The number of thiophene rings is 1. The zero-order chi connectivity index (χ0) is 23.5. The minimum absolute atomic E-state index is 0.346. The molecule has 0 atom stereocenters. The standard InChI is InChI=1S/C23H25FN4O3S2/c1-22(2,3)31-21(29)28-7-5-23(30,6-8-28)17-11-16-20(33-17)25-19(32-16)13-9-14-12-27(4)26-18(14)15(24)10-13/h9-12,30H,5-8H2,1-4H3. The first kappa shape index (κ1) is 22.2. The predicted molar refractivity (Wildman–Crippen MR) is 128 cm³/mol. The van der Waals surface area contributed by atoms with Crippen LogP contribution >= 0.6 is 22.7 Å². The van der Waals surface area contributed by atoms with Crippen LogP contribution in [0, 0.1) is 5.82 Å². The fourth-order valence-electron chi connectivity index (χ4n) is 4.06. The van der Waals surface area contributed by atoms with E-state index in [9.17, 15) is 14.3 Å². The van der Waals surface area contributed by atoms with Crippen molar-refractivity contribution in [2.45, 2.75) is 44.8 Å². The number of benzene rings is 1. The van der Waals surface area contributed by atoms with E-state index in [4.69, 9.17) is 9.72 Å². The van der Waals surface area contributed by atoms with Crippen molar-refractivity contribution in [3.63, 3.8) is 0 Å². The predicted octanol–water partition coefficient (Wildman–Crippen LogP) is 5.27. The van der Waals surface area contributed by atoms with Crippen LogP contribution in [0.25, 0.3) is 31.0 Å². The van der Waals surface area contributed by atoms with Crippen LogP contribution in [0.2, 0.25) is 0 Å². The molecule has 1 fully saturated rings. The lowest BCUT2D eigenvalue weighted by molar-refractivity contribution is -0.0334. The Hall–Kier alpha value is -2.56. The van der Waals surface area contributed by atoms with E-state index in [1.165, 1.54) is 28.7 Å². The third-order valence-corrected chi connectivity index (χ3v) is 8.12. The van der Waals surface area contributed by atoms with Crippen molar-refractivity contribution in [2.75, 3.05) is 13.1 Å². The highest BCUT2D eigenvalue weighted by molar-refractivity contribution is 7.28. The maximum atomic E-state index is 14.5. The number of carbonyl (C=O) groups is 1. The van der Waals surface area contributed by atoms with Crippen LogP contribution in [0.5, 0.6) is 0 Å². The smallest absolute Gasteiger partial charge is 0.410 e. The molecule has 174 valence electrons. The van der Waals surface area contributed by atoms with Gasteiger partial charge in [0.2, 0.25) is 0 Å². The number of aliphatic hydroxyl groups is 1. The molecule has 1 N–H and O–H groups in total. The molecular formula is C23H25FN4O3S2. The molecule has 7 nitrogen and oxygen atoms in total. The molecule has 5 rings (SSSR count). The second-order valence-corrected chi connectivity index (χ2v) is 11.6. The molecule has 10 heteroatoms. The van der Waals surface area contributed by atoms with Crippen molar-refractivity contribution in [2.24, 2.45) is 7.05 Å². The van der Waals surface area contributed by atoms with Crippen molar-refractivity contribution in [3.8, 4) is 10.6 Å². The summed E-state index contributed by atoms with van der Waals surface area (Å²) in [7, 11) is 1.77. The van der Waals surface area contributed by atoms with E-state index < -0.39 is 11.2 Å². The van der Waals surface area contributed by atoms with Crippen molar-refractivity contribution in [1.29, 1.82) is 0 Å². The molecule has 0 radical (unpaired) electrons. The molecule has 0 saturated carbocycles. The highest BCUT2D eigenvalue weighted by Gasteiger charge is 2.38. The lowest BCUT2D eigenvalue weighted by Crippen LogP contribution is -2.46. The van der Waals surface area contributed by atoms with Crippen LogP contribution in [0.4, 0.5) is 9.18 Å². The van der Waals surface area contributed by atoms with E-state index in [2.05, 4.69) is 5.10 Å². The van der Waals surface area contributed by atoms with E-state index in [0.717, 1.165) is 24.8 Å². The minimum Gasteiger partial charge on any atom is -0.444 e. The van der Waals surface area contributed by atoms with Gasteiger partial charge in [-0.1, -0.05) is 0 Å². The SMILES string of the molecule is Cn1cc2cc(-c3nc4sc(C5(O)CCN(C(=O)OC(C)(C)C)CC5)cc4s3)cc(F)c2n1. The largest absolute Gasteiger partial charge is 0.444 e. The van der Waals surface area contributed by atoms with Gasteiger partial charge < -0.3 is 14.7 Å². The van der Waals surface area contributed by atoms with E-state index >= 15 is 0 Å². The maximum Gasteiger partial charge on any atom is 0.410 e. The average molecular weight is 489 g/mol. The number of aromatic nitrogens is 3. The van der Waals surface area contributed by atoms with Crippen LogP contribution in [0.1, 0.15) is 38.5 Å². The Kier molecular flexibility index (Phi) is 5.22. The van der Waals surface area contributed by atoms with Gasteiger partial charge in [-0.2, -0.15) is 5.10 Å². The molecule has 33 heavy (non-hydrogen) atoms. The fraction of sp³-hybridized carbons (Fsp3) is 0.435. The molecule has 1 aromatic carbocycles. The molecule has 0 bridgehead atoms. The van der Waals surface area contributed by atoms with Crippen LogP contribution in [-0.2, 0) is 17.4 Å². The van der Waals surface area contributed by atoms with Gasteiger partial charge in [0.1, 0.15) is 26.6 Å². The molecule has 3 aromatic heterocycles. The summed E-state index contributed by atoms with van der Waals surface area (Å²) in [4.78, 5) is 20.4. The van der Waals surface area contributed by atoms with E-state index in [1.807, 2.05) is 32.9 Å². The molecular weight excluding hydrogens is 463 g/mol. The van der Waals surface area contributed by atoms with Crippen LogP contribution in [0.3, 0.4) is 0 Å². The van der Waals surface area contributed by atoms with Gasteiger partial charge in [0.05, 0.1) is 4.70 Å². The number of piperidine rings is 1. The van der Waals surface area contributed by atoms with Crippen molar-refractivity contribution >= 4 is 49.2 Å². The summed E-state index contributed by atoms with van der Waals surface area (Å²) in [5, 5.41) is 16.9. The zero-order valence-electron chi connectivity index (χ0n) is 18.9. The first-order valence-corrected chi connectivity index (χ1v) is 12.4. The molecule has 1 amide bonds. The quantitative estimate of drug-likeness (QED) is 0.416. The molecule has 4 heterocycles. The van der Waals surface area contributed by atoms with Crippen molar-refractivity contribution in [3.05, 3.63) is 35.1 Å². The van der Waals surface area contributed by atoms with Crippen LogP contribution in [-0.4, -0.2) is 49.6 Å². The summed E-state index contributed by atoms with van der Waals surface area (Å²) in [6, 6.07) is 5.34. The maximum absolute atomic E-state index is 14.5. The van der Waals surface area contributed by atoms with E-state index in [1.54, 1.807) is 22.8 Å². The van der Waals surface area contributed by atoms with Gasteiger partial charge in [-0.15, -0.1) is 22.7 Å². The molecule has 0 spiro atoms. The number of aryl methyl sites for hydroxylation is 1. The van der Waals surface area contributed by atoms with E-state index in [0.29, 0.717) is 37.0 Å². The summed E-state index contributed by atoms with van der Waals surface area (Å²) in [6.45, 7) is 6.39. The minimum atomic E-state index is -0.996. The summed E-state index contributed by atoms with van der Waals surface area (Å²) in [6.07, 6.45) is 2.32. The van der Waals surface area contributed by atoms with Gasteiger partial charge in [-0.05, 0) is 51.8 Å².